The van der Waals surface area contributed by atoms with Crippen LogP contribution in [0.1, 0.15) is 25.6 Å². The predicted molar refractivity (Wildman–Crippen MR) is 62.2 cm³/mol. The monoisotopic (exact) mass is 223 g/mol. The maximum Gasteiger partial charge on any atom is 0.134 e. The summed E-state index contributed by atoms with van der Waals surface area (Å²) in [5.74, 6) is 1.62. The van der Waals surface area contributed by atoms with Gasteiger partial charge in [0.2, 0.25) is 0 Å². The van der Waals surface area contributed by atoms with Crippen LogP contribution in [-0.2, 0) is 6.42 Å². The lowest BCUT2D eigenvalue weighted by Gasteiger charge is -2.13. The van der Waals surface area contributed by atoms with Gasteiger partial charge in [-0.2, -0.15) is 0 Å². The second kappa shape index (κ2) is 4.62. The topological polar surface area (TPSA) is 37.8 Å². The summed E-state index contributed by atoms with van der Waals surface area (Å²) in [6, 6.07) is 2.24. The van der Waals surface area contributed by atoms with E-state index in [9.17, 15) is 0 Å². The van der Waals surface area contributed by atoms with Crippen molar-refractivity contribution in [3.05, 3.63) is 29.2 Å². The normalized spacial score (nSPS) is 15.9. The molecule has 0 bridgehead atoms. The highest BCUT2D eigenvalue weighted by atomic mass is 35.5. The van der Waals surface area contributed by atoms with E-state index in [1.54, 1.807) is 6.07 Å². The molecule has 0 aromatic carbocycles. The van der Waals surface area contributed by atoms with E-state index >= 15 is 0 Å². The fraction of sp³-hybridized carbons (Fsp3) is 0.455. The summed E-state index contributed by atoms with van der Waals surface area (Å²) in [6.07, 6.45) is 7.28. The molecule has 1 aromatic rings. The zero-order valence-corrected chi connectivity index (χ0v) is 9.46. The van der Waals surface area contributed by atoms with Crippen molar-refractivity contribution < 1.29 is 0 Å². The van der Waals surface area contributed by atoms with Gasteiger partial charge in [-0.15, -0.1) is 0 Å². The van der Waals surface area contributed by atoms with Gasteiger partial charge in [-0.05, 0) is 12.8 Å². The third-order valence-corrected chi connectivity index (χ3v) is 2.61. The molecule has 1 aliphatic carbocycles. The van der Waals surface area contributed by atoms with Crippen molar-refractivity contribution in [3.8, 4) is 0 Å². The predicted octanol–water partition coefficient (Wildman–Crippen LogP) is 2.82. The van der Waals surface area contributed by atoms with Crippen LogP contribution in [0.25, 0.3) is 0 Å². The molecule has 15 heavy (non-hydrogen) atoms. The molecule has 0 atom stereocenters. The molecule has 1 aliphatic rings. The number of anilines is 1. The third-order valence-electron chi connectivity index (χ3n) is 2.42. The largest absolute Gasteiger partial charge is 0.367 e. The Morgan fingerprint density at radius 3 is 2.80 bits per heavy atom. The third kappa shape index (κ3) is 2.69. The summed E-state index contributed by atoms with van der Waals surface area (Å²) < 4.78 is 0. The van der Waals surface area contributed by atoms with Gasteiger partial charge in [-0.1, -0.05) is 30.7 Å². The SMILES string of the molecule is CCc1nc(Cl)cc(NC2CC=CC2)n1. The molecule has 1 heterocycles. The van der Waals surface area contributed by atoms with Gasteiger partial charge in [0, 0.05) is 18.5 Å². The number of nitrogens with one attached hydrogen (secondary N) is 1. The average molecular weight is 224 g/mol. The van der Waals surface area contributed by atoms with Crippen LogP contribution in [0.3, 0.4) is 0 Å². The van der Waals surface area contributed by atoms with E-state index in [1.807, 2.05) is 6.92 Å². The summed E-state index contributed by atoms with van der Waals surface area (Å²) in [7, 11) is 0. The molecular weight excluding hydrogens is 210 g/mol. The molecule has 0 radical (unpaired) electrons. The summed E-state index contributed by atoms with van der Waals surface area (Å²) in [5, 5.41) is 3.87. The lowest BCUT2D eigenvalue weighted by Crippen LogP contribution is -2.16. The van der Waals surface area contributed by atoms with Gasteiger partial charge in [0.05, 0.1) is 0 Å². The van der Waals surface area contributed by atoms with E-state index in [1.165, 1.54) is 0 Å². The van der Waals surface area contributed by atoms with Gasteiger partial charge in [0.15, 0.2) is 0 Å². The summed E-state index contributed by atoms with van der Waals surface area (Å²) in [5.41, 5.74) is 0. The summed E-state index contributed by atoms with van der Waals surface area (Å²) >= 11 is 5.91. The van der Waals surface area contributed by atoms with Gasteiger partial charge in [-0.25, -0.2) is 9.97 Å². The van der Waals surface area contributed by atoms with Gasteiger partial charge in [0.1, 0.15) is 16.8 Å². The summed E-state index contributed by atoms with van der Waals surface area (Å²) in [4.78, 5) is 8.51. The number of nitrogens with zero attached hydrogens (tertiary/aromatic N) is 2. The Kier molecular flexibility index (Phi) is 3.21. The van der Waals surface area contributed by atoms with Crippen molar-refractivity contribution in [1.82, 2.24) is 9.97 Å². The van der Waals surface area contributed by atoms with Crippen LogP contribution >= 0.6 is 11.6 Å². The van der Waals surface area contributed by atoms with Gasteiger partial charge >= 0.3 is 0 Å². The fourth-order valence-electron chi connectivity index (χ4n) is 1.64. The number of aryl methyl sites for hydroxylation is 1. The Balaban J connectivity index is 2.09. The van der Waals surface area contributed by atoms with E-state index in [0.29, 0.717) is 11.2 Å². The first kappa shape index (κ1) is 10.4. The second-order valence-corrected chi connectivity index (χ2v) is 4.02. The molecule has 4 heteroatoms. The number of halogens is 1. The van der Waals surface area contributed by atoms with Crippen molar-refractivity contribution >= 4 is 17.4 Å². The van der Waals surface area contributed by atoms with Crippen LogP contribution in [0.2, 0.25) is 5.15 Å². The molecular formula is C11H14ClN3. The highest BCUT2D eigenvalue weighted by Gasteiger charge is 2.11. The first-order valence-corrected chi connectivity index (χ1v) is 5.60. The number of aromatic nitrogens is 2. The fourth-order valence-corrected chi connectivity index (χ4v) is 1.84. The van der Waals surface area contributed by atoms with Crippen LogP contribution in [-0.4, -0.2) is 16.0 Å². The van der Waals surface area contributed by atoms with Gasteiger partial charge in [-0.3, -0.25) is 0 Å². The molecule has 0 aliphatic heterocycles. The Morgan fingerprint density at radius 1 is 1.40 bits per heavy atom. The molecule has 0 unspecified atom stereocenters. The maximum absolute atomic E-state index is 5.91. The van der Waals surface area contributed by atoms with E-state index in [0.717, 1.165) is 30.9 Å². The van der Waals surface area contributed by atoms with Crippen molar-refractivity contribution in [2.24, 2.45) is 0 Å². The molecule has 2 rings (SSSR count). The van der Waals surface area contributed by atoms with E-state index < -0.39 is 0 Å². The Bertz CT molecular complexity index is 368. The average Bonchev–Trinajstić information content (AvgIpc) is 2.69. The molecule has 0 saturated heterocycles. The molecule has 80 valence electrons. The molecule has 3 nitrogen and oxygen atoms in total. The highest BCUT2D eigenvalue weighted by molar-refractivity contribution is 6.29. The van der Waals surface area contributed by atoms with Crippen LogP contribution in [0.4, 0.5) is 5.82 Å². The molecule has 0 spiro atoms. The summed E-state index contributed by atoms with van der Waals surface area (Å²) in [6.45, 7) is 2.02. The zero-order valence-electron chi connectivity index (χ0n) is 8.70. The Hall–Kier alpha value is -1.09. The first-order chi connectivity index (χ1) is 7.28. The molecule has 0 fully saturated rings. The van der Waals surface area contributed by atoms with Crippen LogP contribution in [0.15, 0.2) is 18.2 Å². The first-order valence-electron chi connectivity index (χ1n) is 5.23. The van der Waals surface area contributed by atoms with Crippen LogP contribution in [0.5, 0.6) is 0 Å². The number of hydrogen-bond donors (Lipinski definition) is 1. The Labute approximate surface area is 94.6 Å². The van der Waals surface area contributed by atoms with Crippen molar-refractivity contribution in [1.29, 1.82) is 0 Å². The quantitative estimate of drug-likeness (QED) is 0.633. The smallest absolute Gasteiger partial charge is 0.134 e. The zero-order chi connectivity index (χ0) is 10.7. The van der Waals surface area contributed by atoms with E-state index in [4.69, 9.17) is 11.6 Å². The molecule has 1 aromatic heterocycles. The molecule has 0 amide bonds. The van der Waals surface area contributed by atoms with Crippen molar-refractivity contribution in [2.45, 2.75) is 32.2 Å². The second-order valence-electron chi connectivity index (χ2n) is 3.63. The molecule has 0 saturated carbocycles. The highest BCUT2D eigenvalue weighted by Crippen LogP contribution is 2.17. The van der Waals surface area contributed by atoms with Crippen molar-refractivity contribution in [2.75, 3.05) is 5.32 Å². The van der Waals surface area contributed by atoms with Crippen LogP contribution < -0.4 is 5.32 Å². The minimum atomic E-state index is 0.459. The maximum atomic E-state index is 5.91. The Morgan fingerprint density at radius 2 is 2.13 bits per heavy atom. The number of rotatable bonds is 3. The van der Waals surface area contributed by atoms with Crippen molar-refractivity contribution in [3.63, 3.8) is 0 Å². The lowest BCUT2D eigenvalue weighted by atomic mass is 10.2. The minimum absolute atomic E-state index is 0.459. The lowest BCUT2D eigenvalue weighted by molar-refractivity contribution is 0.776. The van der Waals surface area contributed by atoms with Crippen LogP contribution in [0, 0.1) is 0 Å². The van der Waals surface area contributed by atoms with E-state index in [2.05, 4.69) is 27.4 Å². The number of hydrogen-bond acceptors (Lipinski definition) is 3. The van der Waals surface area contributed by atoms with Gasteiger partial charge < -0.3 is 5.32 Å². The molecule has 1 N–H and O–H groups in total. The minimum Gasteiger partial charge on any atom is -0.367 e. The standard InChI is InChI=1S/C11H14ClN3/c1-2-10-14-9(12)7-11(15-10)13-8-5-3-4-6-8/h3-4,7-8H,2,5-6H2,1H3,(H,13,14,15). The van der Waals surface area contributed by atoms with Gasteiger partial charge in [0.25, 0.3) is 0 Å². The van der Waals surface area contributed by atoms with E-state index in [-0.39, 0.29) is 0 Å².